The number of aromatic nitrogens is 2. The van der Waals surface area contributed by atoms with E-state index in [2.05, 4.69) is 22.2 Å². The summed E-state index contributed by atoms with van der Waals surface area (Å²) in [7, 11) is 1.34. The van der Waals surface area contributed by atoms with E-state index in [0.29, 0.717) is 28.6 Å². The molecular weight excluding hydrogens is 356 g/mol. The average molecular weight is 382 g/mol. The second kappa shape index (κ2) is 8.82. The summed E-state index contributed by atoms with van der Waals surface area (Å²) in [5, 5.41) is 3.13. The first-order valence-corrected chi connectivity index (χ1v) is 9.64. The van der Waals surface area contributed by atoms with Crippen molar-refractivity contribution in [3.63, 3.8) is 0 Å². The highest BCUT2D eigenvalue weighted by molar-refractivity contribution is 5.97. The molecule has 2 heterocycles. The van der Waals surface area contributed by atoms with Gasteiger partial charge in [0.25, 0.3) is 5.91 Å². The number of likely N-dealkylation sites (tertiary alicyclic amines) is 1. The Kier molecular flexibility index (Phi) is 6.23. The lowest BCUT2D eigenvalue weighted by Gasteiger charge is -2.35. The van der Waals surface area contributed by atoms with Crippen molar-refractivity contribution in [3.05, 3.63) is 47.4 Å². The summed E-state index contributed by atoms with van der Waals surface area (Å²) in [6.07, 6.45) is 4.14. The van der Waals surface area contributed by atoms with Gasteiger partial charge >= 0.3 is 5.97 Å². The third-order valence-electron chi connectivity index (χ3n) is 5.01. The Bertz CT molecular complexity index is 868. The normalized spacial score (nSPS) is 16.5. The minimum atomic E-state index is -0.440. The van der Waals surface area contributed by atoms with E-state index in [-0.39, 0.29) is 11.9 Å². The number of anilines is 2. The zero-order chi connectivity index (χ0) is 20.1. The standard InChI is InChI=1S/C21H26N4O3/c1-4-15-9-7-8-12-25(15)20(26)18-13-19(23-14(2)22-18)24-17-11-6-5-10-16(17)21(27)28-3/h5-6,10-11,13,15H,4,7-9,12H2,1-3H3,(H,22,23,24). The second-order valence-electron chi connectivity index (χ2n) is 6.90. The Morgan fingerprint density at radius 2 is 2.04 bits per heavy atom. The number of benzene rings is 1. The number of aryl methyl sites for hydroxylation is 1. The van der Waals surface area contributed by atoms with Crippen LogP contribution in [0.2, 0.25) is 0 Å². The summed E-state index contributed by atoms with van der Waals surface area (Å²) in [5.41, 5.74) is 1.33. The maximum absolute atomic E-state index is 13.1. The fraction of sp³-hybridized carbons (Fsp3) is 0.429. The number of esters is 1. The number of amides is 1. The summed E-state index contributed by atoms with van der Waals surface area (Å²) >= 11 is 0. The number of ether oxygens (including phenoxy) is 1. The number of hydrogen-bond acceptors (Lipinski definition) is 6. The molecule has 28 heavy (non-hydrogen) atoms. The average Bonchev–Trinajstić information content (AvgIpc) is 2.72. The van der Waals surface area contributed by atoms with Gasteiger partial charge in [-0.3, -0.25) is 4.79 Å². The van der Waals surface area contributed by atoms with E-state index in [1.165, 1.54) is 7.11 Å². The van der Waals surface area contributed by atoms with E-state index in [9.17, 15) is 9.59 Å². The van der Waals surface area contributed by atoms with Crippen LogP contribution < -0.4 is 5.32 Å². The molecule has 1 amide bonds. The largest absolute Gasteiger partial charge is 0.465 e. The highest BCUT2D eigenvalue weighted by atomic mass is 16.5. The molecule has 1 aliphatic heterocycles. The number of para-hydroxylation sites is 1. The minimum Gasteiger partial charge on any atom is -0.465 e. The van der Waals surface area contributed by atoms with E-state index < -0.39 is 5.97 Å². The number of nitrogens with one attached hydrogen (secondary N) is 1. The molecule has 0 saturated carbocycles. The van der Waals surface area contributed by atoms with Gasteiger partial charge < -0.3 is 15.0 Å². The molecule has 1 saturated heterocycles. The number of carbonyl (C=O) groups excluding carboxylic acids is 2. The van der Waals surface area contributed by atoms with Crippen LogP contribution in [0.1, 0.15) is 59.3 Å². The van der Waals surface area contributed by atoms with E-state index in [0.717, 1.165) is 32.2 Å². The molecule has 1 N–H and O–H groups in total. The van der Waals surface area contributed by atoms with Crippen LogP contribution in [0.3, 0.4) is 0 Å². The van der Waals surface area contributed by atoms with Gasteiger partial charge in [-0.1, -0.05) is 19.1 Å². The predicted octanol–water partition coefficient (Wildman–Crippen LogP) is 3.72. The fourth-order valence-electron chi connectivity index (χ4n) is 3.60. The van der Waals surface area contributed by atoms with E-state index in [4.69, 9.17) is 4.74 Å². The molecule has 1 aromatic carbocycles. The number of methoxy groups -OCH3 is 1. The molecule has 1 atom stereocenters. The van der Waals surface area contributed by atoms with Gasteiger partial charge in [-0.15, -0.1) is 0 Å². The molecule has 0 aliphatic carbocycles. The first-order chi connectivity index (χ1) is 13.5. The van der Waals surface area contributed by atoms with Gasteiger partial charge in [0.1, 0.15) is 17.3 Å². The Hall–Kier alpha value is -2.96. The number of nitrogens with zero attached hydrogens (tertiary/aromatic N) is 3. The summed E-state index contributed by atoms with van der Waals surface area (Å²) in [6.45, 7) is 4.62. The highest BCUT2D eigenvalue weighted by Gasteiger charge is 2.27. The number of hydrogen-bond donors (Lipinski definition) is 1. The second-order valence-corrected chi connectivity index (χ2v) is 6.90. The van der Waals surface area contributed by atoms with Crippen molar-refractivity contribution in [2.75, 3.05) is 19.0 Å². The van der Waals surface area contributed by atoms with Gasteiger partial charge in [-0.25, -0.2) is 14.8 Å². The van der Waals surface area contributed by atoms with Gasteiger partial charge in [0.2, 0.25) is 0 Å². The zero-order valence-electron chi connectivity index (χ0n) is 16.6. The molecule has 7 heteroatoms. The summed E-state index contributed by atoms with van der Waals surface area (Å²) in [6, 6.07) is 8.92. The quantitative estimate of drug-likeness (QED) is 0.794. The molecule has 3 rings (SSSR count). The van der Waals surface area contributed by atoms with Crippen LogP contribution in [0, 0.1) is 6.92 Å². The Balaban J connectivity index is 1.88. The van der Waals surface area contributed by atoms with E-state index >= 15 is 0 Å². The van der Waals surface area contributed by atoms with Crippen LogP contribution in [-0.4, -0.2) is 46.4 Å². The molecule has 7 nitrogen and oxygen atoms in total. The minimum absolute atomic E-state index is 0.0682. The molecule has 1 aliphatic rings. The number of carbonyl (C=O) groups is 2. The van der Waals surface area contributed by atoms with Crippen molar-refractivity contribution in [2.45, 2.75) is 45.6 Å². The predicted molar refractivity (Wildman–Crippen MR) is 107 cm³/mol. The molecule has 148 valence electrons. The number of rotatable bonds is 5. The van der Waals surface area contributed by atoms with Crippen molar-refractivity contribution in [1.82, 2.24) is 14.9 Å². The lowest BCUT2D eigenvalue weighted by atomic mass is 9.99. The van der Waals surface area contributed by atoms with Crippen LogP contribution >= 0.6 is 0 Å². The molecule has 2 aromatic rings. The van der Waals surface area contributed by atoms with Crippen LogP contribution in [-0.2, 0) is 4.74 Å². The SMILES string of the molecule is CCC1CCCCN1C(=O)c1cc(Nc2ccccc2C(=O)OC)nc(C)n1. The smallest absolute Gasteiger partial charge is 0.339 e. The third-order valence-corrected chi connectivity index (χ3v) is 5.01. The van der Waals surface area contributed by atoms with Crippen LogP contribution in [0.15, 0.2) is 30.3 Å². The summed E-state index contributed by atoms with van der Waals surface area (Å²) < 4.78 is 4.83. The van der Waals surface area contributed by atoms with Crippen molar-refractivity contribution in [2.24, 2.45) is 0 Å². The van der Waals surface area contributed by atoms with Gasteiger partial charge in [0.15, 0.2) is 0 Å². The molecule has 0 spiro atoms. The summed E-state index contributed by atoms with van der Waals surface area (Å²) in [5.74, 6) is 0.455. The molecular formula is C21H26N4O3. The van der Waals surface area contributed by atoms with Gasteiger partial charge in [0.05, 0.1) is 18.4 Å². The van der Waals surface area contributed by atoms with Gasteiger partial charge in [-0.2, -0.15) is 0 Å². The van der Waals surface area contributed by atoms with Crippen LogP contribution in [0.5, 0.6) is 0 Å². The third kappa shape index (κ3) is 4.30. The summed E-state index contributed by atoms with van der Waals surface area (Å²) in [4.78, 5) is 35.7. The Labute approximate surface area is 165 Å². The molecule has 0 bridgehead atoms. The van der Waals surface area contributed by atoms with E-state index in [1.54, 1.807) is 31.2 Å². The van der Waals surface area contributed by atoms with E-state index in [1.807, 2.05) is 11.0 Å². The molecule has 1 aromatic heterocycles. The maximum atomic E-state index is 13.1. The van der Waals surface area contributed by atoms with Crippen LogP contribution in [0.4, 0.5) is 11.5 Å². The van der Waals surface area contributed by atoms with Gasteiger partial charge in [0, 0.05) is 18.7 Å². The lowest BCUT2D eigenvalue weighted by molar-refractivity contribution is 0.0593. The number of piperidine rings is 1. The molecule has 1 unspecified atom stereocenters. The first kappa shape index (κ1) is 19.8. The Morgan fingerprint density at radius 3 is 2.79 bits per heavy atom. The zero-order valence-corrected chi connectivity index (χ0v) is 16.6. The fourth-order valence-corrected chi connectivity index (χ4v) is 3.60. The first-order valence-electron chi connectivity index (χ1n) is 9.64. The monoisotopic (exact) mass is 382 g/mol. The van der Waals surface area contributed by atoms with Crippen molar-refractivity contribution < 1.29 is 14.3 Å². The van der Waals surface area contributed by atoms with Crippen LogP contribution in [0.25, 0.3) is 0 Å². The molecule has 1 fully saturated rings. The van der Waals surface area contributed by atoms with Gasteiger partial charge in [-0.05, 0) is 44.7 Å². The maximum Gasteiger partial charge on any atom is 0.339 e. The molecule has 0 radical (unpaired) electrons. The topological polar surface area (TPSA) is 84.4 Å². The highest BCUT2D eigenvalue weighted by Crippen LogP contribution is 2.24. The van der Waals surface area contributed by atoms with Crippen molar-refractivity contribution in [1.29, 1.82) is 0 Å². The lowest BCUT2D eigenvalue weighted by Crippen LogP contribution is -2.43. The Morgan fingerprint density at radius 1 is 1.25 bits per heavy atom. The van der Waals surface area contributed by atoms with Crippen molar-refractivity contribution in [3.8, 4) is 0 Å². The van der Waals surface area contributed by atoms with Crippen molar-refractivity contribution >= 4 is 23.4 Å².